The normalized spacial score (nSPS) is 24.7. The van der Waals surface area contributed by atoms with E-state index in [4.69, 9.17) is 4.74 Å². The molecule has 6 rings (SSSR count). The van der Waals surface area contributed by atoms with Crippen LogP contribution in [0.15, 0.2) is 53.4 Å². The average Bonchev–Trinajstić information content (AvgIpc) is 2.88. The molecule has 6 bridgehead atoms. The number of fused-ring (bicyclic) bond motifs is 8. The number of aromatic nitrogens is 2. The number of hydrogen-bond acceptors (Lipinski definition) is 7. The molecule has 2 fully saturated rings. The molecule has 0 radical (unpaired) electrons. The minimum absolute atomic E-state index is 0.0210. The van der Waals surface area contributed by atoms with Gasteiger partial charge in [-0.15, -0.1) is 0 Å². The van der Waals surface area contributed by atoms with Gasteiger partial charge in [0.1, 0.15) is 6.10 Å². The molecule has 2 aromatic carbocycles. The molecular formula is C28H31N5O4S. The molecule has 1 N–H and O–H groups in total. The van der Waals surface area contributed by atoms with Gasteiger partial charge in [-0.1, -0.05) is 24.3 Å². The van der Waals surface area contributed by atoms with Crippen molar-refractivity contribution in [3.8, 4) is 17.1 Å². The highest BCUT2D eigenvalue weighted by atomic mass is 32.2. The van der Waals surface area contributed by atoms with Crippen LogP contribution in [0.3, 0.4) is 0 Å². The van der Waals surface area contributed by atoms with Gasteiger partial charge in [-0.2, -0.15) is 4.98 Å². The summed E-state index contributed by atoms with van der Waals surface area (Å²) in [7, 11) is -1.97. The zero-order valence-electron chi connectivity index (χ0n) is 21.7. The molecule has 9 nitrogen and oxygen atoms in total. The number of piperidine rings is 2. The molecule has 0 saturated carbocycles. The number of likely N-dealkylation sites (N-methyl/N-ethyl adjacent to an activating group) is 1. The summed E-state index contributed by atoms with van der Waals surface area (Å²) in [4.78, 5) is 26.8. The van der Waals surface area contributed by atoms with Crippen LogP contribution in [0, 0.1) is 19.8 Å². The lowest BCUT2D eigenvalue weighted by Crippen LogP contribution is -2.62. The van der Waals surface area contributed by atoms with Crippen molar-refractivity contribution in [2.75, 3.05) is 31.4 Å². The molecule has 2 saturated heterocycles. The maximum absolute atomic E-state index is 13.6. The second kappa shape index (κ2) is 9.36. The van der Waals surface area contributed by atoms with Gasteiger partial charge in [0.15, 0.2) is 0 Å². The summed E-state index contributed by atoms with van der Waals surface area (Å²) in [5.74, 6) is 0.225. The number of likely N-dealkylation sites (tertiary alicyclic amines) is 1. The van der Waals surface area contributed by atoms with Gasteiger partial charge >= 0.3 is 0 Å². The Morgan fingerprint density at radius 1 is 1.03 bits per heavy atom. The highest BCUT2D eigenvalue weighted by Crippen LogP contribution is 2.35. The summed E-state index contributed by atoms with van der Waals surface area (Å²) in [5.41, 5.74) is 3.83. The van der Waals surface area contributed by atoms with Gasteiger partial charge in [0.2, 0.25) is 11.8 Å². The predicted molar refractivity (Wildman–Crippen MR) is 144 cm³/mol. The third kappa shape index (κ3) is 4.41. The van der Waals surface area contributed by atoms with Crippen molar-refractivity contribution in [2.45, 2.75) is 43.7 Å². The summed E-state index contributed by atoms with van der Waals surface area (Å²) in [6, 6.07) is 14.0. The maximum Gasteiger partial charge on any atom is 0.264 e. The Hall–Kier alpha value is -3.50. The van der Waals surface area contributed by atoms with Crippen molar-refractivity contribution in [3.05, 3.63) is 65.2 Å². The number of hydrogen-bond donors (Lipinski definition) is 1. The van der Waals surface area contributed by atoms with Gasteiger partial charge in [-0.3, -0.25) is 4.79 Å². The first-order chi connectivity index (χ1) is 18.2. The SMILES string of the molecule is Cc1cccc(C)c1-c1cc2nc(n1)NS(=O)(=O)c1cccc(c1)C(=O)N1CC(O2)C2CCCN(C)C2C1. The Labute approximate surface area is 222 Å². The Kier molecular flexibility index (Phi) is 6.11. The quantitative estimate of drug-likeness (QED) is 0.511. The number of nitrogens with one attached hydrogen (secondary N) is 1. The molecule has 0 aliphatic carbocycles. The van der Waals surface area contributed by atoms with Crippen molar-refractivity contribution < 1.29 is 17.9 Å². The van der Waals surface area contributed by atoms with Crippen LogP contribution < -0.4 is 9.46 Å². The van der Waals surface area contributed by atoms with Crippen molar-refractivity contribution in [2.24, 2.45) is 5.92 Å². The van der Waals surface area contributed by atoms with E-state index in [1.807, 2.05) is 32.0 Å². The van der Waals surface area contributed by atoms with Crippen LogP contribution in [0.5, 0.6) is 5.88 Å². The Bertz CT molecular complexity index is 1510. The number of sulfonamides is 1. The van der Waals surface area contributed by atoms with Crippen LogP contribution in [0.2, 0.25) is 0 Å². The molecule has 38 heavy (non-hydrogen) atoms. The number of carbonyl (C=O) groups excluding carboxylic acids is 1. The predicted octanol–water partition coefficient (Wildman–Crippen LogP) is 3.49. The van der Waals surface area contributed by atoms with Crippen LogP contribution in [-0.2, 0) is 10.0 Å². The zero-order chi connectivity index (χ0) is 26.6. The number of ether oxygens (including phenoxy) is 1. The first kappa shape index (κ1) is 24.8. The van der Waals surface area contributed by atoms with Crippen molar-refractivity contribution in [3.63, 3.8) is 0 Å². The third-order valence-electron chi connectivity index (χ3n) is 8.01. The summed E-state index contributed by atoms with van der Waals surface area (Å²) in [5, 5.41) is 0. The van der Waals surface area contributed by atoms with Gasteiger partial charge in [0, 0.05) is 35.7 Å². The Balaban J connectivity index is 1.53. The van der Waals surface area contributed by atoms with Gasteiger partial charge in [0.25, 0.3) is 15.9 Å². The third-order valence-corrected chi connectivity index (χ3v) is 9.34. The fourth-order valence-electron chi connectivity index (χ4n) is 6.10. The molecule has 198 valence electrons. The second-order valence-corrected chi connectivity index (χ2v) is 12.2. The standard InChI is InChI=1S/C28H31N5O4S/c1-17-7-4-8-18(2)26(17)22-14-25-30-28(29-22)31-38(35,36)20-10-5-9-19(13-20)27(34)33-15-23-21(24(16-33)37-25)11-6-12-32(23)3/h4-5,7-10,13-14,21,23-24H,6,11-12,15-16H2,1-3H3,(H,29,30,31). The summed E-state index contributed by atoms with van der Waals surface area (Å²) < 4.78 is 35.8. The number of nitrogens with zero attached hydrogens (tertiary/aromatic N) is 4. The van der Waals surface area contributed by atoms with E-state index in [9.17, 15) is 13.2 Å². The van der Waals surface area contributed by atoms with Crippen molar-refractivity contribution in [1.82, 2.24) is 19.8 Å². The fourth-order valence-corrected chi connectivity index (χ4v) is 7.09. The topological polar surface area (TPSA) is 105 Å². The minimum atomic E-state index is -4.06. The lowest BCUT2D eigenvalue weighted by Gasteiger charge is -2.49. The van der Waals surface area contributed by atoms with Crippen LogP contribution >= 0.6 is 0 Å². The zero-order valence-corrected chi connectivity index (χ0v) is 22.5. The van der Waals surface area contributed by atoms with Gasteiger partial charge in [0.05, 0.1) is 17.1 Å². The molecule has 4 heterocycles. The van der Waals surface area contributed by atoms with Crippen molar-refractivity contribution in [1.29, 1.82) is 0 Å². The largest absolute Gasteiger partial charge is 0.472 e. The van der Waals surface area contributed by atoms with Gasteiger partial charge in [-0.05, 0) is 69.6 Å². The molecule has 0 spiro atoms. The molecule has 3 aliphatic rings. The number of anilines is 1. The molecular weight excluding hydrogens is 502 g/mol. The Morgan fingerprint density at radius 2 is 1.79 bits per heavy atom. The van der Waals surface area contributed by atoms with Crippen LogP contribution in [0.25, 0.3) is 11.3 Å². The molecule has 1 aromatic heterocycles. The second-order valence-electron chi connectivity index (χ2n) is 10.5. The number of carbonyl (C=O) groups is 1. The lowest BCUT2D eigenvalue weighted by molar-refractivity contribution is -0.0355. The van der Waals surface area contributed by atoms with Gasteiger partial charge in [-0.25, -0.2) is 18.1 Å². The van der Waals surface area contributed by atoms with Crippen LogP contribution in [0.1, 0.15) is 34.3 Å². The summed E-state index contributed by atoms with van der Waals surface area (Å²) in [6.45, 7) is 5.92. The highest BCUT2D eigenvalue weighted by molar-refractivity contribution is 7.92. The summed E-state index contributed by atoms with van der Waals surface area (Å²) >= 11 is 0. The van der Waals surface area contributed by atoms with Crippen molar-refractivity contribution >= 4 is 21.9 Å². The van der Waals surface area contributed by atoms with Crippen LogP contribution in [0.4, 0.5) is 5.95 Å². The van der Waals surface area contributed by atoms with E-state index in [0.29, 0.717) is 24.3 Å². The van der Waals surface area contributed by atoms with E-state index < -0.39 is 10.0 Å². The molecule has 3 unspecified atom stereocenters. The smallest absolute Gasteiger partial charge is 0.264 e. The molecule has 10 heteroatoms. The first-order valence-electron chi connectivity index (χ1n) is 12.9. The molecule has 3 atom stereocenters. The number of rotatable bonds is 1. The number of amides is 1. The number of aryl methyl sites for hydroxylation is 2. The van der Waals surface area contributed by atoms with E-state index in [1.54, 1.807) is 23.1 Å². The first-order valence-corrected chi connectivity index (χ1v) is 14.4. The molecule has 1 amide bonds. The Morgan fingerprint density at radius 3 is 2.58 bits per heavy atom. The number of benzene rings is 2. The van der Waals surface area contributed by atoms with Crippen LogP contribution in [-0.4, -0.2) is 72.9 Å². The molecule has 3 aromatic rings. The molecule has 3 aliphatic heterocycles. The summed E-state index contributed by atoms with van der Waals surface area (Å²) in [6.07, 6.45) is 1.75. The van der Waals surface area contributed by atoms with E-state index in [2.05, 4.69) is 26.6 Å². The monoisotopic (exact) mass is 533 g/mol. The highest BCUT2D eigenvalue weighted by Gasteiger charge is 2.44. The van der Waals surface area contributed by atoms with E-state index in [-0.39, 0.29) is 40.7 Å². The fraction of sp³-hybridized carbons (Fsp3) is 0.393. The van der Waals surface area contributed by atoms with Gasteiger partial charge < -0.3 is 14.5 Å². The maximum atomic E-state index is 13.6. The lowest BCUT2D eigenvalue weighted by atomic mass is 9.81. The van der Waals surface area contributed by atoms with E-state index in [1.165, 1.54) is 12.1 Å². The van der Waals surface area contributed by atoms with E-state index >= 15 is 0 Å². The average molecular weight is 534 g/mol. The van der Waals surface area contributed by atoms with E-state index in [0.717, 1.165) is 36.1 Å². The minimum Gasteiger partial charge on any atom is -0.472 e.